The number of benzene rings is 3. The van der Waals surface area contributed by atoms with E-state index in [0.29, 0.717) is 32.6 Å². The van der Waals surface area contributed by atoms with Gasteiger partial charge < -0.3 is 10.0 Å². The topological polar surface area (TPSA) is 66.9 Å². The quantitative estimate of drug-likeness (QED) is 0.249. The molecule has 186 valence electrons. The Morgan fingerprint density at radius 1 is 1.00 bits per heavy atom. The van der Waals surface area contributed by atoms with Crippen LogP contribution in [0, 0.1) is 0 Å². The van der Waals surface area contributed by atoms with Gasteiger partial charge in [-0.05, 0) is 66.8 Å². The van der Waals surface area contributed by atoms with Crippen molar-refractivity contribution in [3.05, 3.63) is 76.4 Å². The van der Waals surface area contributed by atoms with Gasteiger partial charge in [0.15, 0.2) is 11.0 Å². The molecule has 3 aromatic carbocycles. The van der Waals surface area contributed by atoms with Crippen LogP contribution in [-0.4, -0.2) is 20.2 Å². The normalized spacial score (nSPS) is 15.1. The highest BCUT2D eigenvalue weighted by Gasteiger charge is 2.16. The van der Waals surface area contributed by atoms with Crippen molar-refractivity contribution in [3.8, 4) is 11.1 Å². The smallest absolute Gasteiger partial charge is 0.223 e. The van der Waals surface area contributed by atoms with E-state index in [1.165, 1.54) is 32.1 Å². The first-order valence-electron chi connectivity index (χ1n) is 12.3. The Balaban J connectivity index is 1.40. The molecule has 1 atom stereocenters. The molecule has 4 aromatic rings. The number of fused-ring (bicyclic) bond motifs is 1. The van der Waals surface area contributed by atoms with Crippen LogP contribution in [0.5, 0.6) is 0 Å². The fourth-order valence-electron chi connectivity index (χ4n) is 4.71. The minimum Gasteiger partial charge on any atom is -0.351 e. The van der Waals surface area contributed by atoms with E-state index >= 15 is 0 Å². The molecule has 0 radical (unpaired) electrons. The highest BCUT2D eigenvalue weighted by molar-refractivity contribution is 7.86. The SMILES string of the molecule is CCc1cc(-c2ccc(NS(=O)c3ccccc3Cl)cc2Cl)cc2cnc(NC3CCCCC3)nc12. The van der Waals surface area contributed by atoms with Crippen molar-refractivity contribution in [2.75, 3.05) is 10.0 Å². The summed E-state index contributed by atoms with van der Waals surface area (Å²) in [5.74, 6) is 0.705. The van der Waals surface area contributed by atoms with Gasteiger partial charge >= 0.3 is 0 Å². The number of hydrogen-bond acceptors (Lipinski definition) is 4. The van der Waals surface area contributed by atoms with Gasteiger partial charge in [-0.25, -0.2) is 14.2 Å². The summed E-state index contributed by atoms with van der Waals surface area (Å²) >= 11 is 12.9. The lowest BCUT2D eigenvalue weighted by atomic mass is 9.96. The molecule has 1 unspecified atom stereocenters. The van der Waals surface area contributed by atoms with Gasteiger partial charge in [-0.2, -0.15) is 0 Å². The minimum absolute atomic E-state index is 0.452. The van der Waals surface area contributed by atoms with Gasteiger partial charge in [0, 0.05) is 28.9 Å². The third kappa shape index (κ3) is 5.51. The molecule has 0 aliphatic heterocycles. The molecule has 0 bridgehead atoms. The van der Waals surface area contributed by atoms with E-state index in [1.54, 1.807) is 24.3 Å². The van der Waals surface area contributed by atoms with Crippen molar-refractivity contribution in [1.29, 1.82) is 0 Å². The largest absolute Gasteiger partial charge is 0.351 e. The number of aromatic nitrogens is 2. The fraction of sp³-hybridized carbons (Fsp3) is 0.286. The number of hydrogen-bond donors (Lipinski definition) is 2. The van der Waals surface area contributed by atoms with Crippen LogP contribution in [0.2, 0.25) is 10.0 Å². The molecule has 0 saturated heterocycles. The van der Waals surface area contributed by atoms with E-state index in [-0.39, 0.29) is 0 Å². The first-order valence-corrected chi connectivity index (χ1v) is 14.2. The number of rotatable bonds is 7. The molecule has 5 nitrogen and oxygen atoms in total. The van der Waals surface area contributed by atoms with Gasteiger partial charge in [0.2, 0.25) is 5.95 Å². The molecule has 8 heteroatoms. The molecule has 1 fully saturated rings. The monoisotopic (exact) mass is 538 g/mol. The van der Waals surface area contributed by atoms with Crippen molar-refractivity contribution in [2.24, 2.45) is 0 Å². The fourth-order valence-corrected chi connectivity index (χ4v) is 6.25. The summed E-state index contributed by atoms with van der Waals surface area (Å²) in [7, 11) is -1.50. The maximum atomic E-state index is 12.7. The molecule has 0 amide bonds. The number of anilines is 2. The summed E-state index contributed by atoms with van der Waals surface area (Å²) in [4.78, 5) is 10.0. The molecule has 2 N–H and O–H groups in total. The molecule has 36 heavy (non-hydrogen) atoms. The average molecular weight is 540 g/mol. The van der Waals surface area contributed by atoms with Crippen molar-refractivity contribution in [2.45, 2.75) is 56.4 Å². The Morgan fingerprint density at radius 2 is 1.81 bits per heavy atom. The summed E-state index contributed by atoms with van der Waals surface area (Å²) < 4.78 is 15.7. The summed E-state index contributed by atoms with van der Waals surface area (Å²) in [6.45, 7) is 2.13. The van der Waals surface area contributed by atoms with E-state index in [0.717, 1.165) is 34.0 Å². The third-order valence-electron chi connectivity index (χ3n) is 6.61. The molecule has 1 heterocycles. The number of nitrogens with zero attached hydrogens (tertiary/aromatic N) is 2. The van der Waals surface area contributed by atoms with Crippen LogP contribution in [-0.2, 0) is 17.4 Å². The minimum atomic E-state index is -1.50. The Morgan fingerprint density at radius 3 is 2.56 bits per heavy atom. The average Bonchev–Trinajstić information content (AvgIpc) is 2.89. The van der Waals surface area contributed by atoms with Crippen LogP contribution in [0.4, 0.5) is 11.6 Å². The lowest BCUT2D eigenvalue weighted by Gasteiger charge is -2.22. The summed E-state index contributed by atoms with van der Waals surface area (Å²) in [6.07, 6.45) is 8.94. The zero-order valence-electron chi connectivity index (χ0n) is 20.1. The predicted molar refractivity (Wildman–Crippen MR) is 151 cm³/mol. The summed E-state index contributed by atoms with van der Waals surface area (Å²) in [6, 6.07) is 17.4. The molecule has 1 aliphatic carbocycles. The second kappa shape index (κ2) is 11.2. The standard InChI is InChI=1S/C28H28Cl2N4OS/c1-2-18-14-19(15-20-17-31-28(33-27(18)20)32-21-8-4-3-5-9-21)23-13-12-22(16-25(23)30)34-36(35)26-11-7-6-10-24(26)29/h6-7,10-17,21,34H,2-5,8-9H2,1H3,(H,31,32,33). The molecule has 0 spiro atoms. The van der Waals surface area contributed by atoms with Crippen LogP contribution in [0.25, 0.3) is 22.0 Å². The van der Waals surface area contributed by atoms with Gasteiger partial charge in [-0.1, -0.05) is 67.6 Å². The lowest BCUT2D eigenvalue weighted by Crippen LogP contribution is -2.23. The van der Waals surface area contributed by atoms with Crippen molar-refractivity contribution in [3.63, 3.8) is 0 Å². The Hall–Kier alpha value is -2.67. The lowest BCUT2D eigenvalue weighted by molar-refractivity contribution is 0.461. The Kier molecular flexibility index (Phi) is 7.75. The van der Waals surface area contributed by atoms with Gasteiger partial charge in [0.1, 0.15) is 0 Å². The second-order valence-corrected chi connectivity index (χ2v) is 11.1. The first-order chi connectivity index (χ1) is 17.5. The Labute approximate surface area is 224 Å². The van der Waals surface area contributed by atoms with E-state index in [2.05, 4.69) is 34.1 Å². The van der Waals surface area contributed by atoms with Crippen LogP contribution in [0.3, 0.4) is 0 Å². The van der Waals surface area contributed by atoms with E-state index in [1.807, 2.05) is 24.4 Å². The highest BCUT2D eigenvalue weighted by Crippen LogP contribution is 2.34. The molecule has 1 saturated carbocycles. The molecule has 5 rings (SSSR count). The van der Waals surface area contributed by atoms with Crippen LogP contribution in [0.15, 0.2) is 65.7 Å². The molecular weight excluding hydrogens is 511 g/mol. The van der Waals surface area contributed by atoms with Crippen molar-refractivity contribution in [1.82, 2.24) is 9.97 Å². The predicted octanol–water partition coefficient (Wildman–Crippen LogP) is 8.05. The zero-order chi connectivity index (χ0) is 25.1. The number of nitrogens with one attached hydrogen (secondary N) is 2. The Bertz CT molecular complexity index is 1420. The van der Waals surface area contributed by atoms with Crippen molar-refractivity contribution < 1.29 is 4.21 Å². The highest BCUT2D eigenvalue weighted by atomic mass is 35.5. The van der Waals surface area contributed by atoms with Gasteiger partial charge in [-0.15, -0.1) is 0 Å². The van der Waals surface area contributed by atoms with Crippen LogP contribution < -0.4 is 10.0 Å². The van der Waals surface area contributed by atoms with E-state index < -0.39 is 11.0 Å². The molecule has 1 aliphatic rings. The molecular formula is C28H28Cl2N4OS. The van der Waals surface area contributed by atoms with Gasteiger partial charge in [0.25, 0.3) is 0 Å². The van der Waals surface area contributed by atoms with Crippen molar-refractivity contribution >= 4 is 56.7 Å². The number of halogens is 2. The van der Waals surface area contributed by atoms with Crippen LogP contribution in [0.1, 0.15) is 44.6 Å². The zero-order valence-corrected chi connectivity index (χ0v) is 22.4. The van der Waals surface area contributed by atoms with Gasteiger partial charge in [0.05, 0.1) is 20.5 Å². The van der Waals surface area contributed by atoms with Gasteiger partial charge in [-0.3, -0.25) is 0 Å². The maximum Gasteiger partial charge on any atom is 0.223 e. The summed E-state index contributed by atoms with van der Waals surface area (Å²) in [5, 5.41) is 5.53. The third-order valence-corrected chi connectivity index (χ3v) is 8.54. The number of aryl methyl sites for hydroxylation is 1. The summed E-state index contributed by atoms with van der Waals surface area (Å²) in [5.41, 5.74) is 4.67. The van der Waals surface area contributed by atoms with Crippen LogP contribution >= 0.6 is 23.2 Å². The van der Waals surface area contributed by atoms with E-state index in [9.17, 15) is 4.21 Å². The first kappa shape index (κ1) is 25.0. The molecule has 1 aromatic heterocycles. The second-order valence-electron chi connectivity index (χ2n) is 9.10. The maximum absolute atomic E-state index is 12.7. The van der Waals surface area contributed by atoms with E-state index in [4.69, 9.17) is 28.2 Å².